The van der Waals surface area contributed by atoms with Crippen molar-refractivity contribution in [3.05, 3.63) is 30.5 Å². The molecule has 0 unspecified atom stereocenters. The van der Waals surface area contributed by atoms with Gasteiger partial charge in [-0.25, -0.2) is 0 Å². The van der Waals surface area contributed by atoms with Crippen LogP contribution in [0.2, 0.25) is 0 Å². The maximum absolute atomic E-state index is 5.73. The smallest absolute Gasteiger partial charge is 0.164 e. The van der Waals surface area contributed by atoms with Crippen LogP contribution >= 0.6 is 0 Å². The number of ether oxygens (including phenoxy) is 1. The van der Waals surface area contributed by atoms with Crippen LogP contribution in [0, 0.1) is 0 Å². The summed E-state index contributed by atoms with van der Waals surface area (Å²) in [5.41, 5.74) is 8.53. The van der Waals surface area contributed by atoms with Crippen LogP contribution in [-0.2, 0) is 6.54 Å². The maximum Gasteiger partial charge on any atom is 0.164 e. The molecular weight excluding hydrogens is 240 g/mol. The number of benzene rings is 1. The topological polar surface area (TPSA) is 56.3 Å². The molecule has 5 heteroatoms. The van der Waals surface area contributed by atoms with Crippen LogP contribution in [0.25, 0.3) is 11.3 Å². The third-order valence-electron chi connectivity index (χ3n) is 2.97. The normalized spacial score (nSPS) is 10.9. The van der Waals surface area contributed by atoms with E-state index in [1.165, 1.54) is 0 Å². The highest BCUT2D eigenvalue weighted by Crippen LogP contribution is 2.30. The molecule has 0 bridgehead atoms. The number of hydrogen-bond donors (Lipinski definition) is 1. The highest BCUT2D eigenvalue weighted by molar-refractivity contribution is 5.68. The van der Waals surface area contributed by atoms with Gasteiger partial charge in [0.05, 0.1) is 19.9 Å². The lowest BCUT2D eigenvalue weighted by Crippen LogP contribution is -2.19. The van der Waals surface area contributed by atoms with Crippen LogP contribution < -0.4 is 10.5 Å². The average Bonchev–Trinajstić information content (AvgIpc) is 2.80. The van der Waals surface area contributed by atoms with Crippen molar-refractivity contribution in [2.45, 2.75) is 6.54 Å². The van der Waals surface area contributed by atoms with E-state index >= 15 is 0 Å². The zero-order valence-corrected chi connectivity index (χ0v) is 11.6. The Morgan fingerprint density at radius 3 is 2.53 bits per heavy atom. The van der Waals surface area contributed by atoms with E-state index < -0.39 is 0 Å². The Balaban J connectivity index is 2.35. The lowest BCUT2D eigenvalue weighted by Gasteiger charge is -2.13. The van der Waals surface area contributed by atoms with Gasteiger partial charge in [-0.3, -0.25) is 4.68 Å². The van der Waals surface area contributed by atoms with Crippen molar-refractivity contribution in [1.29, 1.82) is 0 Å². The number of aromatic nitrogens is 2. The van der Waals surface area contributed by atoms with E-state index in [0.29, 0.717) is 0 Å². The fourth-order valence-electron chi connectivity index (χ4n) is 1.91. The molecule has 0 aliphatic heterocycles. The first kappa shape index (κ1) is 13.4. The lowest BCUT2D eigenvalue weighted by atomic mass is 10.1. The summed E-state index contributed by atoms with van der Waals surface area (Å²) in [6.45, 7) is 1.74. The van der Waals surface area contributed by atoms with Gasteiger partial charge in [-0.15, -0.1) is 0 Å². The van der Waals surface area contributed by atoms with Crippen molar-refractivity contribution >= 4 is 5.69 Å². The molecule has 0 atom stereocenters. The van der Waals surface area contributed by atoms with Crippen LogP contribution in [0.15, 0.2) is 30.5 Å². The summed E-state index contributed by atoms with van der Waals surface area (Å²) in [6, 6.07) is 7.75. The molecule has 0 radical (unpaired) electrons. The highest BCUT2D eigenvalue weighted by atomic mass is 16.5. The number of hydrogen-bond acceptors (Lipinski definition) is 4. The molecule has 0 saturated carbocycles. The number of likely N-dealkylation sites (N-methyl/N-ethyl adjacent to an activating group) is 1. The first-order valence-electron chi connectivity index (χ1n) is 6.22. The SMILES string of the molecule is COc1cnn(CCN(C)C)c1-c1ccc(N)cc1. The summed E-state index contributed by atoms with van der Waals surface area (Å²) in [6.07, 6.45) is 1.75. The monoisotopic (exact) mass is 260 g/mol. The Morgan fingerprint density at radius 1 is 1.26 bits per heavy atom. The van der Waals surface area contributed by atoms with E-state index in [1.807, 2.05) is 43.0 Å². The van der Waals surface area contributed by atoms with Crippen molar-refractivity contribution < 1.29 is 4.74 Å². The highest BCUT2D eigenvalue weighted by Gasteiger charge is 2.13. The molecule has 2 rings (SSSR count). The van der Waals surface area contributed by atoms with Gasteiger partial charge in [0.2, 0.25) is 0 Å². The number of nitrogens with zero attached hydrogens (tertiary/aromatic N) is 3. The zero-order valence-electron chi connectivity index (χ0n) is 11.6. The summed E-state index contributed by atoms with van der Waals surface area (Å²) in [5, 5.41) is 4.39. The van der Waals surface area contributed by atoms with Crippen LogP contribution in [-0.4, -0.2) is 42.4 Å². The van der Waals surface area contributed by atoms with Gasteiger partial charge in [-0.05, 0) is 26.2 Å². The van der Waals surface area contributed by atoms with Gasteiger partial charge in [0.1, 0.15) is 5.69 Å². The number of rotatable bonds is 5. The summed E-state index contributed by atoms with van der Waals surface area (Å²) in [7, 11) is 5.75. The van der Waals surface area contributed by atoms with Crippen molar-refractivity contribution in [3.63, 3.8) is 0 Å². The molecule has 19 heavy (non-hydrogen) atoms. The van der Waals surface area contributed by atoms with Gasteiger partial charge < -0.3 is 15.4 Å². The largest absolute Gasteiger partial charge is 0.493 e. The van der Waals surface area contributed by atoms with E-state index in [0.717, 1.165) is 35.8 Å². The van der Waals surface area contributed by atoms with Crippen LogP contribution in [0.4, 0.5) is 5.69 Å². The van der Waals surface area contributed by atoms with Crippen molar-refractivity contribution in [1.82, 2.24) is 14.7 Å². The molecule has 2 N–H and O–H groups in total. The van der Waals surface area contributed by atoms with E-state index in [2.05, 4.69) is 10.00 Å². The molecule has 0 amide bonds. The molecular formula is C14H20N4O. The number of nitrogens with two attached hydrogens (primary N) is 1. The summed E-state index contributed by atoms with van der Waals surface area (Å²) >= 11 is 0. The van der Waals surface area contributed by atoms with Crippen LogP contribution in [0.5, 0.6) is 5.75 Å². The Morgan fingerprint density at radius 2 is 1.95 bits per heavy atom. The number of anilines is 1. The maximum atomic E-state index is 5.73. The van der Waals surface area contributed by atoms with Crippen molar-refractivity contribution in [3.8, 4) is 17.0 Å². The van der Waals surface area contributed by atoms with E-state index in [1.54, 1.807) is 13.3 Å². The predicted octanol–water partition coefficient (Wildman–Crippen LogP) is 1.70. The lowest BCUT2D eigenvalue weighted by molar-refractivity contribution is 0.373. The third kappa shape index (κ3) is 3.06. The first-order valence-corrected chi connectivity index (χ1v) is 6.22. The number of nitrogen functional groups attached to an aromatic ring is 1. The second kappa shape index (κ2) is 5.75. The Hall–Kier alpha value is -2.01. The van der Waals surface area contributed by atoms with Crippen LogP contribution in [0.1, 0.15) is 0 Å². The average molecular weight is 260 g/mol. The van der Waals surface area contributed by atoms with Gasteiger partial charge in [0.15, 0.2) is 5.75 Å². The minimum absolute atomic E-state index is 0.752. The van der Waals surface area contributed by atoms with Gasteiger partial charge in [-0.2, -0.15) is 5.10 Å². The fraction of sp³-hybridized carbons (Fsp3) is 0.357. The third-order valence-corrected chi connectivity index (χ3v) is 2.97. The minimum Gasteiger partial charge on any atom is -0.493 e. The molecule has 1 aromatic heterocycles. The molecule has 0 spiro atoms. The second-order valence-corrected chi connectivity index (χ2v) is 4.71. The van der Waals surface area contributed by atoms with Gasteiger partial charge in [0, 0.05) is 17.8 Å². The van der Waals surface area contributed by atoms with Crippen molar-refractivity contribution in [2.24, 2.45) is 0 Å². The molecule has 2 aromatic rings. The summed E-state index contributed by atoms with van der Waals surface area (Å²) in [5.74, 6) is 0.781. The molecule has 1 heterocycles. The van der Waals surface area contributed by atoms with Gasteiger partial charge >= 0.3 is 0 Å². The Labute approximate surface area is 113 Å². The number of methoxy groups -OCH3 is 1. The standard InChI is InChI=1S/C14H20N4O/c1-17(2)8-9-18-14(13(19-3)10-16-18)11-4-6-12(15)7-5-11/h4-7,10H,8-9,15H2,1-3H3. The molecule has 0 saturated heterocycles. The summed E-state index contributed by atoms with van der Waals surface area (Å²) < 4.78 is 7.35. The van der Waals surface area contributed by atoms with Gasteiger partial charge in [-0.1, -0.05) is 12.1 Å². The Kier molecular flexibility index (Phi) is 4.06. The quantitative estimate of drug-likeness (QED) is 0.831. The van der Waals surface area contributed by atoms with E-state index in [9.17, 15) is 0 Å². The van der Waals surface area contributed by atoms with Gasteiger partial charge in [0.25, 0.3) is 0 Å². The molecule has 0 aliphatic carbocycles. The fourth-order valence-corrected chi connectivity index (χ4v) is 1.91. The molecule has 0 fully saturated rings. The molecule has 5 nitrogen and oxygen atoms in total. The molecule has 0 aliphatic rings. The summed E-state index contributed by atoms with van der Waals surface area (Å²) in [4.78, 5) is 2.13. The molecule has 102 valence electrons. The minimum atomic E-state index is 0.752. The Bertz CT molecular complexity index is 531. The zero-order chi connectivity index (χ0) is 13.8. The van der Waals surface area contributed by atoms with E-state index in [4.69, 9.17) is 10.5 Å². The first-order chi connectivity index (χ1) is 9.11. The van der Waals surface area contributed by atoms with Crippen LogP contribution in [0.3, 0.4) is 0 Å². The van der Waals surface area contributed by atoms with E-state index in [-0.39, 0.29) is 0 Å². The predicted molar refractivity (Wildman–Crippen MR) is 77.2 cm³/mol. The second-order valence-electron chi connectivity index (χ2n) is 4.71. The van der Waals surface area contributed by atoms with Crippen molar-refractivity contribution in [2.75, 3.05) is 33.5 Å². The molecule has 1 aromatic carbocycles.